The van der Waals surface area contributed by atoms with E-state index in [2.05, 4.69) is 27.4 Å². The first-order chi connectivity index (χ1) is 11.8. The third-order valence-electron chi connectivity index (χ3n) is 3.78. The zero-order chi connectivity index (χ0) is 16.4. The van der Waals surface area contributed by atoms with Crippen LogP contribution in [0.25, 0.3) is 20.5 Å². The van der Waals surface area contributed by atoms with E-state index in [0.717, 1.165) is 22.8 Å². The van der Waals surface area contributed by atoms with Crippen molar-refractivity contribution in [2.75, 3.05) is 5.32 Å². The first kappa shape index (κ1) is 15.1. The molecule has 0 aliphatic heterocycles. The molecule has 1 aromatic carbocycles. The molecule has 1 N–H and O–H groups in total. The molecular formula is C19H14ClN3S. The summed E-state index contributed by atoms with van der Waals surface area (Å²) in [5.74, 6) is 0.903. The quantitative estimate of drug-likeness (QED) is 0.518. The molecule has 0 saturated heterocycles. The molecule has 0 spiro atoms. The molecule has 0 bridgehead atoms. The third-order valence-corrected chi connectivity index (χ3v) is 5.18. The van der Waals surface area contributed by atoms with Crippen LogP contribution in [0, 0.1) is 0 Å². The number of anilines is 1. The van der Waals surface area contributed by atoms with Gasteiger partial charge in [0.05, 0.1) is 0 Å². The Kier molecular flexibility index (Phi) is 4.15. The van der Waals surface area contributed by atoms with Crippen molar-refractivity contribution in [2.24, 2.45) is 0 Å². The Morgan fingerprint density at radius 1 is 0.958 bits per heavy atom. The summed E-state index contributed by atoms with van der Waals surface area (Å²) in [6.45, 7) is 0.723. The molecular weight excluding hydrogens is 338 g/mol. The Hall–Kier alpha value is -2.43. The number of nitrogens with zero attached hydrogens (tertiary/aromatic N) is 2. The molecule has 3 nitrogen and oxygen atoms in total. The molecule has 4 rings (SSSR count). The second kappa shape index (κ2) is 6.59. The number of thiophene rings is 1. The minimum Gasteiger partial charge on any atom is -0.365 e. The number of hydrogen-bond acceptors (Lipinski definition) is 4. The van der Waals surface area contributed by atoms with Crippen LogP contribution in [0.15, 0.2) is 67.1 Å². The van der Waals surface area contributed by atoms with Crippen LogP contribution in [0.4, 0.5) is 5.82 Å². The van der Waals surface area contributed by atoms with Gasteiger partial charge in [0, 0.05) is 45.1 Å². The van der Waals surface area contributed by atoms with Crippen LogP contribution in [-0.4, -0.2) is 9.97 Å². The number of hydrogen-bond donors (Lipinski definition) is 1. The molecule has 0 amide bonds. The van der Waals surface area contributed by atoms with Crippen molar-refractivity contribution < 1.29 is 0 Å². The predicted molar refractivity (Wildman–Crippen MR) is 102 cm³/mol. The molecule has 3 heterocycles. The first-order valence-electron chi connectivity index (χ1n) is 7.57. The second-order valence-corrected chi connectivity index (χ2v) is 6.92. The minimum absolute atomic E-state index is 0.723. The van der Waals surface area contributed by atoms with E-state index < -0.39 is 0 Å². The lowest BCUT2D eigenvalue weighted by molar-refractivity contribution is 1.11. The highest BCUT2D eigenvalue weighted by atomic mass is 35.5. The van der Waals surface area contributed by atoms with Gasteiger partial charge in [0.1, 0.15) is 5.82 Å². The smallest absolute Gasteiger partial charge is 0.134 e. The van der Waals surface area contributed by atoms with Crippen LogP contribution in [0.3, 0.4) is 0 Å². The van der Waals surface area contributed by atoms with Gasteiger partial charge in [-0.05, 0) is 47.5 Å². The van der Waals surface area contributed by atoms with E-state index in [1.54, 1.807) is 23.7 Å². The van der Waals surface area contributed by atoms with Gasteiger partial charge in [0.2, 0.25) is 0 Å². The molecule has 5 heteroatoms. The predicted octanol–water partition coefficient (Wildman–Crippen LogP) is 5.62. The van der Waals surface area contributed by atoms with Crippen molar-refractivity contribution in [1.29, 1.82) is 0 Å². The summed E-state index contributed by atoms with van der Waals surface area (Å²) >= 11 is 7.74. The second-order valence-electron chi connectivity index (χ2n) is 5.40. The monoisotopic (exact) mass is 351 g/mol. The van der Waals surface area contributed by atoms with Gasteiger partial charge < -0.3 is 5.32 Å². The minimum atomic E-state index is 0.723. The summed E-state index contributed by atoms with van der Waals surface area (Å²) in [5.41, 5.74) is 2.35. The summed E-state index contributed by atoms with van der Waals surface area (Å²) in [6, 6.07) is 16.2. The van der Waals surface area contributed by atoms with Crippen LogP contribution in [0.2, 0.25) is 5.02 Å². The van der Waals surface area contributed by atoms with Crippen LogP contribution in [0.5, 0.6) is 0 Å². The lowest BCUT2D eigenvalue weighted by Crippen LogP contribution is -2.01. The standard InChI is InChI=1S/C19H14ClN3S/c20-15-3-1-14(2-4-15)18-11-16-17(24-18)7-10-22-19(16)23-12-13-5-8-21-9-6-13/h1-11H,12H2,(H,22,23). The van der Waals surface area contributed by atoms with E-state index in [4.69, 9.17) is 11.6 Å². The molecule has 0 aliphatic carbocycles. The number of benzene rings is 1. The molecule has 118 valence electrons. The largest absolute Gasteiger partial charge is 0.365 e. The zero-order valence-electron chi connectivity index (χ0n) is 12.7. The van der Waals surface area contributed by atoms with Crippen molar-refractivity contribution in [3.8, 4) is 10.4 Å². The van der Waals surface area contributed by atoms with Crippen LogP contribution in [0.1, 0.15) is 5.56 Å². The van der Waals surface area contributed by atoms with Crippen LogP contribution in [-0.2, 0) is 6.54 Å². The Bertz CT molecular complexity index is 965. The molecule has 0 radical (unpaired) electrons. The summed E-state index contributed by atoms with van der Waals surface area (Å²) in [6.07, 6.45) is 5.45. The van der Waals surface area contributed by atoms with Gasteiger partial charge in [-0.25, -0.2) is 4.98 Å². The van der Waals surface area contributed by atoms with E-state index in [0.29, 0.717) is 0 Å². The van der Waals surface area contributed by atoms with Gasteiger partial charge in [0.15, 0.2) is 0 Å². The average Bonchev–Trinajstić information content (AvgIpc) is 3.06. The van der Waals surface area contributed by atoms with Gasteiger partial charge in [-0.15, -0.1) is 11.3 Å². The molecule has 0 unspecified atom stereocenters. The van der Waals surface area contributed by atoms with Crippen molar-refractivity contribution in [3.05, 3.63) is 77.7 Å². The maximum Gasteiger partial charge on any atom is 0.134 e. The summed E-state index contributed by atoms with van der Waals surface area (Å²) in [5, 5.41) is 5.32. The number of pyridine rings is 2. The number of nitrogens with one attached hydrogen (secondary N) is 1. The lowest BCUT2D eigenvalue weighted by atomic mass is 10.1. The maximum atomic E-state index is 5.98. The highest BCUT2D eigenvalue weighted by Gasteiger charge is 2.09. The fourth-order valence-corrected chi connectivity index (χ4v) is 3.73. The number of halogens is 1. The van der Waals surface area contributed by atoms with Crippen molar-refractivity contribution in [1.82, 2.24) is 9.97 Å². The highest BCUT2D eigenvalue weighted by molar-refractivity contribution is 7.22. The first-order valence-corrected chi connectivity index (χ1v) is 8.76. The van der Waals surface area contributed by atoms with Crippen molar-refractivity contribution in [3.63, 3.8) is 0 Å². The molecule has 0 aliphatic rings. The van der Waals surface area contributed by atoms with E-state index in [1.165, 1.54) is 20.7 Å². The number of aromatic nitrogens is 2. The molecule has 0 saturated carbocycles. The van der Waals surface area contributed by atoms with Gasteiger partial charge in [0.25, 0.3) is 0 Å². The third kappa shape index (κ3) is 3.11. The van der Waals surface area contributed by atoms with E-state index in [-0.39, 0.29) is 0 Å². The average molecular weight is 352 g/mol. The number of fused-ring (bicyclic) bond motifs is 1. The van der Waals surface area contributed by atoms with E-state index >= 15 is 0 Å². The SMILES string of the molecule is Clc1ccc(-c2cc3c(NCc4ccncc4)nccc3s2)cc1. The van der Waals surface area contributed by atoms with Crippen molar-refractivity contribution in [2.45, 2.75) is 6.54 Å². The lowest BCUT2D eigenvalue weighted by Gasteiger charge is -2.06. The Balaban J connectivity index is 1.66. The van der Waals surface area contributed by atoms with Crippen molar-refractivity contribution >= 4 is 38.8 Å². The van der Waals surface area contributed by atoms with Gasteiger partial charge in [-0.2, -0.15) is 0 Å². The highest BCUT2D eigenvalue weighted by Crippen LogP contribution is 2.36. The normalized spacial score (nSPS) is 10.9. The van der Waals surface area contributed by atoms with Gasteiger partial charge in [-0.1, -0.05) is 23.7 Å². The maximum absolute atomic E-state index is 5.98. The molecule has 0 atom stereocenters. The van der Waals surface area contributed by atoms with Crippen LogP contribution < -0.4 is 5.32 Å². The zero-order valence-corrected chi connectivity index (χ0v) is 14.3. The summed E-state index contributed by atoms with van der Waals surface area (Å²) in [4.78, 5) is 9.75. The number of rotatable bonds is 4. The van der Waals surface area contributed by atoms with Gasteiger partial charge in [-0.3, -0.25) is 4.98 Å². The molecule has 3 aromatic heterocycles. The summed E-state index contributed by atoms with van der Waals surface area (Å²) in [7, 11) is 0. The molecule has 0 fully saturated rings. The fourth-order valence-electron chi connectivity index (χ4n) is 2.55. The fraction of sp³-hybridized carbons (Fsp3) is 0.0526. The Morgan fingerprint density at radius 3 is 2.54 bits per heavy atom. The topological polar surface area (TPSA) is 37.8 Å². The Morgan fingerprint density at radius 2 is 1.75 bits per heavy atom. The Labute approximate surface area is 149 Å². The molecule has 24 heavy (non-hydrogen) atoms. The molecule has 4 aromatic rings. The van der Waals surface area contributed by atoms with Crippen LogP contribution >= 0.6 is 22.9 Å². The van der Waals surface area contributed by atoms with E-state index in [9.17, 15) is 0 Å². The summed E-state index contributed by atoms with van der Waals surface area (Å²) < 4.78 is 1.21. The van der Waals surface area contributed by atoms with Gasteiger partial charge >= 0.3 is 0 Å². The van der Waals surface area contributed by atoms with E-state index in [1.807, 2.05) is 42.6 Å².